The summed E-state index contributed by atoms with van der Waals surface area (Å²) in [6, 6.07) is 3.10. The molecule has 1 aromatic carbocycles. The first-order chi connectivity index (χ1) is 7.11. The molecule has 2 N–H and O–H groups in total. The molecule has 15 heavy (non-hydrogen) atoms. The fourth-order valence-corrected chi connectivity index (χ4v) is 1.75. The summed E-state index contributed by atoms with van der Waals surface area (Å²) in [7, 11) is 1.25. The van der Waals surface area contributed by atoms with Crippen LogP contribution in [0.25, 0.3) is 0 Å². The largest absolute Gasteiger partial charge is 0.507 e. The Morgan fingerprint density at radius 3 is 2.73 bits per heavy atom. The number of hydrogen-bond acceptors (Lipinski definition) is 4. The average molecular weight is 275 g/mol. The third kappa shape index (κ3) is 2.49. The summed E-state index contributed by atoms with van der Waals surface area (Å²) in [5, 5.41) is 18.6. The molecule has 4 nitrogen and oxygen atoms in total. The molecule has 1 rings (SSSR count). The van der Waals surface area contributed by atoms with Gasteiger partial charge in [-0.3, -0.25) is 0 Å². The van der Waals surface area contributed by atoms with E-state index in [1.54, 1.807) is 6.07 Å². The molecule has 5 heteroatoms. The van der Waals surface area contributed by atoms with Crippen LogP contribution in [0.5, 0.6) is 5.75 Å². The molecule has 0 heterocycles. The first-order valence-electron chi connectivity index (χ1n) is 4.31. The highest BCUT2D eigenvalue weighted by atomic mass is 79.9. The summed E-state index contributed by atoms with van der Waals surface area (Å²) in [6.07, 6.45) is 0.275. The van der Waals surface area contributed by atoms with Crippen molar-refractivity contribution in [3.8, 4) is 5.75 Å². The van der Waals surface area contributed by atoms with E-state index in [2.05, 4.69) is 20.7 Å². The van der Waals surface area contributed by atoms with Crippen molar-refractivity contribution in [2.75, 3.05) is 13.7 Å². The number of carbonyl (C=O) groups is 1. The number of aliphatic hydroxyl groups excluding tert-OH is 1. The summed E-state index contributed by atoms with van der Waals surface area (Å²) in [5.41, 5.74) is 0.601. The predicted octanol–water partition coefficient (Wildman–Crippen LogP) is 1.48. The first kappa shape index (κ1) is 12.0. The van der Waals surface area contributed by atoms with Crippen molar-refractivity contribution in [2.45, 2.75) is 6.42 Å². The third-order valence-electron chi connectivity index (χ3n) is 1.99. The Bertz CT molecular complexity index is 376. The van der Waals surface area contributed by atoms with Gasteiger partial charge in [0.2, 0.25) is 0 Å². The number of phenols is 1. The molecule has 0 saturated carbocycles. The molecule has 0 fully saturated rings. The van der Waals surface area contributed by atoms with E-state index in [1.807, 2.05) is 0 Å². The van der Waals surface area contributed by atoms with Gasteiger partial charge in [-0.15, -0.1) is 0 Å². The van der Waals surface area contributed by atoms with Crippen molar-refractivity contribution in [1.29, 1.82) is 0 Å². The van der Waals surface area contributed by atoms with Gasteiger partial charge in [-0.1, -0.05) is 15.9 Å². The van der Waals surface area contributed by atoms with Gasteiger partial charge >= 0.3 is 5.97 Å². The molecule has 0 aliphatic heterocycles. The highest BCUT2D eigenvalue weighted by molar-refractivity contribution is 9.10. The van der Waals surface area contributed by atoms with Crippen molar-refractivity contribution in [2.24, 2.45) is 0 Å². The lowest BCUT2D eigenvalue weighted by Gasteiger charge is -2.09. The van der Waals surface area contributed by atoms with E-state index < -0.39 is 5.97 Å². The second-order valence-electron chi connectivity index (χ2n) is 2.89. The SMILES string of the molecule is COC(=O)c1ccc(Br)c(CCO)c1O. The fourth-order valence-electron chi connectivity index (χ4n) is 1.24. The number of ether oxygens (including phenoxy) is 1. The van der Waals surface area contributed by atoms with Crippen LogP contribution in [0.1, 0.15) is 15.9 Å². The number of carbonyl (C=O) groups excluding carboxylic acids is 1. The standard InChI is InChI=1S/C10H11BrO4/c1-15-10(14)7-2-3-8(11)6(4-5-12)9(7)13/h2-3,12-13H,4-5H2,1H3. The average Bonchev–Trinajstić information content (AvgIpc) is 2.23. The summed E-state index contributed by atoms with van der Waals surface area (Å²) in [5.74, 6) is -0.746. The number of phenolic OH excluding ortho intramolecular Hbond substituents is 1. The Labute approximate surface area is 95.6 Å². The molecule has 0 aromatic heterocycles. The summed E-state index contributed by atoms with van der Waals surface area (Å²) >= 11 is 3.23. The van der Waals surface area contributed by atoms with Crippen molar-refractivity contribution >= 4 is 21.9 Å². The van der Waals surface area contributed by atoms with Crippen LogP contribution in [0.3, 0.4) is 0 Å². The third-order valence-corrected chi connectivity index (χ3v) is 2.74. The minimum Gasteiger partial charge on any atom is -0.507 e. The van der Waals surface area contributed by atoms with Crippen LogP contribution in [-0.4, -0.2) is 29.9 Å². The van der Waals surface area contributed by atoms with Crippen LogP contribution >= 0.6 is 15.9 Å². The summed E-state index contributed by atoms with van der Waals surface area (Å²) < 4.78 is 5.17. The molecule has 82 valence electrons. The zero-order chi connectivity index (χ0) is 11.4. The first-order valence-corrected chi connectivity index (χ1v) is 5.10. The lowest BCUT2D eigenvalue weighted by atomic mass is 10.1. The maximum Gasteiger partial charge on any atom is 0.341 e. The van der Waals surface area contributed by atoms with Gasteiger partial charge in [0.15, 0.2) is 0 Å². The van der Waals surface area contributed by atoms with E-state index in [9.17, 15) is 9.90 Å². The quantitative estimate of drug-likeness (QED) is 0.820. The van der Waals surface area contributed by atoms with Gasteiger partial charge in [0.25, 0.3) is 0 Å². The van der Waals surface area contributed by atoms with E-state index in [4.69, 9.17) is 5.11 Å². The Balaban J connectivity index is 3.21. The zero-order valence-electron chi connectivity index (χ0n) is 8.16. The van der Waals surface area contributed by atoms with Crippen LogP contribution in [-0.2, 0) is 11.2 Å². The summed E-state index contributed by atoms with van der Waals surface area (Å²) in [4.78, 5) is 11.2. The van der Waals surface area contributed by atoms with Crippen LogP contribution in [0, 0.1) is 0 Å². The monoisotopic (exact) mass is 274 g/mol. The molecule has 0 unspecified atom stereocenters. The lowest BCUT2D eigenvalue weighted by molar-refractivity contribution is 0.0597. The van der Waals surface area contributed by atoms with Crippen molar-refractivity contribution < 1.29 is 19.7 Å². The zero-order valence-corrected chi connectivity index (χ0v) is 9.74. The highest BCUT2D eigenvalue weighted by Gasteiger charge is 2.16. The Morgan fingerprint density at radius 1 is 1.53 bits per heavy atom. The molecule has 0 saturated heterocycles. The van der Waals surface area contributed by atoms with Gasteiger partial charge in [0, 0.05) is 23.1 Å². The molecule has 0 aliphatic carbocycles. The van der Waals surface area contributed by atoms with Gasteiger partial charge in [-0.05, 0) is 12.1 Å². The minimum atomic E-state index is -0.598. The molecule has 1 aromatic rings. The van der Waals surface area contributed by atoms with Crippen LogP contribution < -0.4 is 0 Å². The fraction of sp³-hybridized carbons (Fsp3) is 0.300. The smallest absolute Gasteiger partial charge is 0.341 e. The molecular formula is C10H11BrO4. The second-order valence-corrected chi connectivity index (χ2v) is 3.74. The van der Waals surface area contributed by atoms with Gasteiger partial charge in [0.1, 0.15) is 11.3 Å². The maximum absolute atomic E-state index is 11.2. The molecule has 0 radical (unpaired) electrons. The maximum atomic E-state index is 11.2. The molecular weight excluding hydrogens is 264 g/mol. The number of aromatic hydroxyl groups is 1. The highest BCUT2D eigenvalue weighted by Crippen LogP contribution is 2.30. The predicted molar refractivity (Wildman–Crippen MR) is 57.9 cm³/mol. The number of halogens is 1. The van der Waals surface area contributed by atoms with Crippen molar-refractivity contribution in [1.82, 2.24) is 0 Å². The Kier molecular flexibility index (Phi) is 4.11. The van der Waals surface area contributed by atoms with Gasteiger partial charge < -0.3 is 14.9 Å². The second kappa shape index (κ2) is 5.14. The molecule has 0 atom stereocenters. The Morgan fingerprint density at radius 2 is 2.20 bits per heavy atom. The van der Waals surface area contributed by atoms with Crippen LogP contribution in [0.4, 0.5) is 0 Å². The normalized spacial score (nSPS) is 10.1. The van der Waals surface area contributed by atoms with Crippen molar-refractivity contribution in [3.63, 3.8) is 0 Å². The number of esters is 1. The van der Waals surface area contributed by atoms with Crippen LogP contribution in [0.15, 0.2) is 16.6 Å². The van der Waals surface area contributed by atoms with E-state index in [-0.39, 0.29) is 24.3 Å². The Hall–Kier alpha value is -1.07. The van der Waals surface area contributed by atoms with Gasteiger partial charge in [0.05, 0.1) is 7.11 Å². The molecule has 0 bridgehead atoms. The number of rotatable bonds is 3. The number of methoxy groups -OCH3 is 1. The van der Waals surface area contributed by atoms with Gasteiger partial charge in [-0.2, -0.15) is 0 Å². The molecule has 0 amide bonds. The van der Waals surface area contributed by atoms with E-state index in [0.29, 0.717) is 10.0 Å². The minimum absolute atomic E-state index is 0.100. The van der Waals surface area contributed by atoms with Crippen molar-refractivity contribution in [3.05, 3.63) is 27.7 Å². The van der Waals surface area contributed by atoms with E-state index in [0.717, 1.165) is 0 Å². The number of aliphatic hydroxyl groups is 1. The number of hydrogen-bond donors (Lipinski definition) is 2. The topological polar surface area (TPSA) is 66.8 Å². The summed E-state index contributed by atoms with van der Waals surface area (Å²) in [6.45, 7) is -0.100. The van der Waals surface area contributed by atoms with Crippen LogP contribution in [0.2, 0.25) is 0 Å². The molecule has 0 spiro atoms. The van der Waals surface area contributed by atoms with Gasteiger partial charge in [-0.25, -0.2) is 4.79 Å². The lowest BCUT2D eigenvalue weighted by Crippen LogP contribution is -2.04. The number of benzene rings is 1. The van der Waals surface area contributed by atoms with E-state index in [1.165, 1.54) is 13.2 Å². The van der Waals surface area contributed by atoms with E-state index >= 15 is 0 Å². The molecule has 0 aliphatic rings.